The van der Waals surface area contributed by atoms with Crippen molar-refractivity contribution in [2.75, 3.05) is 5.32 Å². The van der Waals surface area contributed by atoms with Gasteiger partial charge in [-0.05, 0) is 30.9 Å². The van der Waals surface area contributed by atoms with Crippen LogP contribution in [0.15, 0.2) is 18.2 Å². The lowest BCUT2D eigenvalue weighted by molar-refractivity contribution is -0.384. The zero-order valence-electron chi connectivity index (χ0n) is 11.3. The molecule has 0 aromatic heterocycles. The van der Waals surface area contributed by atoms with Gasteiger partial charge in [-0.2, -0.15) is 0 Å². The Kier molecular flexibility index (Phi) is 4.22. The van der Waals surface area contributed by atoms with Gasteiger partial charge in [-0.25, -0.2) is 4.79 Å². The number of nitrogens with zero attached hydrogens (tertiary/aromatic N) is 1. The molecule has 108 valence electrons. The van der Waals surface area contributed by atoms with Crippen LogP contribution in [0.25, 0.3) is 0 Å². The van der Waals surface area contributed by atoms with Gasteiger partial charge in [0.1, 0.15) is 5.69 Å². The van der Waals surface area contributed by atoms with Gasteiger partial charge in [0.15, 0.2) is 0 Å². The minimum atomic E-state index is -1.09. The van der Waals surface area contributed by atoms with Crippen LogP contribution < -0.4 is 5.32 Å². The minimum absolute atomic E-state index is 0.0550. The Hall–Kier alpha value is -2.11. The van der Waals surface area contributed by atoms with Crippen LogP contribution in [0.3, 0.4) is 0 Å². The average molecular weight is 278 g/mol. The summed E-state index contributed by atoms with van der Waals surface area (Å²) in [6, 6.07) is 3.99. The molecule has 1 aromatic rings. The maximum Gasteiger partial charge on any atom is 0.335 e. The molecule has 20 heavy (non-hydrogen) atoms. The van der Waals surface area contributed by atoms with Crippen molar-refractivity contribution in [2.24, 2.45) is 5.92 Å². The quantitative estimate of drug-likeness (QED) is 0.589. The maximum absolute atomic E-state index is 11.0. The number of nitrogens with one attached hydrogen (secondary N) is 1. The van der Waals surface area contributed by atoms with Crippen LogP contribution in [-0.2, 0) is 0 Å². The molecule has 6 heteroatoms. The van der Waals surface area contributed by atoms with Gasteiger partial charge in [-0.1, -0.05) is 19.8 Å². The van der Waals surface area contributed by atoms with E-state index >= 15 is 0 Å². The zero-order valence-corrected chi connectivity index (χ0v) is 11.3. The zero-order chi connectivity index (χ0) is 14.7. The molecule has 0 bridgehead atoms. The van der Waals surface area contributed by atoms with E-state index in [1.165, 1.54) is 31.0 Å². The Morgan fingerprint density at radius 1 is 1.55 bits per heavy atom. The lowest BCUT2D eigenvalue weighted by Gasteiger charge is -2.18. The number of benzene rings is 1. The normalized spacial score (nSPS) is 15.7. The van der Waals surface area contributed by atoms with E-state index in [9.17, 15) is 14.9 Å². The van der Waals surface area contributed by atoms with Gasteiger partial charge in [0, 0.05) is 12.1 Å². The number of hydrogen-bond acceptors (Lipinski definition) is 4. The standard InChI is InChI=1S/C14H18N2O4/c1-2-11(7-9-3-4-9)15-12-8-10(14(17)18)5-6-13(12)16(19)20/h5-6,8-9,11,15H,2-4,7H2,1H3,(H,17,18). The van der Waals surface area contributed by atoms with E-state index < -0.39 is 10.9 Å². The van der Waals surface area contributed by atoms with Gasteiger partial charge in [0.2, 0.25) is 0 Å². The molecular formula is C14H18N2O4. The lowest BCUT2D eigenvalue weighted by Crippen LogP contribution is -2.20. The fourth-order valence-electron chi connectivity index (χ4n) is 2.25. The van der Waals surface area contributed by atoms with Gasteiger partial charge in [-0.15, -0.1) is 0 Å². The van der Waals surface area contributed by atoms with Crippen molar-refractivity contribution >= 4 is 17.3 Å². The highest BCUT2D eigenvalue weighted by atomic mass is 16.6. The van der Waals surface area contributed by atoms with Crippen molar-refractivity contribution in [3.8, 4) is 0 Å². The second kappa shape index (κ2) is 5.90. The summed E-state index contributed by atoms with van der Waals surface area (Å²) in [7, 11) is 0. The molecule has 0 saturated heterocycles. The fraction of sp³-hybridized carbons (Fsp3) is 0.500. The number of rotatable bonds is 7. The number of nitro groups is 1. The van der Waals surface area contributed by atoms with E-state index in [1.54, 1.807) is 0 Å². The summed E-state index contributed by atoms with van der Waals surface area (Å²) in [5.74, 6) is -0.382. The highest BCUT2D eigenvalue weighted by Crippen LogP contribution is 2.36. The summed E-state index contributed by atoms with van der Waals surface area (Å²) < 4.78 is 0. The third-order valence-corrected chi connectivity index (χ3v) is 3.61. The van der Waals surface area contributed by atoms with Crippen LogP contribution in [0.4, 0.5) is 11.4 Å². The Morgan fingerprint density at radius 2 is 2.25 bits per heavy atom. The molecule has 0 aliphatic heterocycles. The summed E-state index contributed by atoms with van der Waals surface area (Å²) in [5.41, 5.74) is 0.269. The lowest BCUT2D eigenvalue weighted by atomic mass is 10.1. The Morgan fingerprint density at radius 3 is 2.75 bits per heavy atom. The molecule has 1 aliphatic rings. The number of aromatic carboxylic acids is 1. The second-order valence-electron chi connectivity index (χ2n) is 5.22. The van der Waals surface area contributed by atoms with Crippen LogP contribution in [0.2, 0.25) is 0 Å². The molecule has 1 unspecified atom stereocenters. The predicted molar refractivity (Wildman–Crippen MR) is 75.1 cm³/mol. The molecule has 0 amide bonds. The summed E-state index contributed by atoms with van der Waals surface area (Å²) in [6.45, 7) is 2.02. The summed E-state index contributed by atoms with van der Waals surface area (Å²) >= 11 is 0. The number of anilines is 1. The van der Waals surface area contributed by atoms with E-state index in [0.29, 0.717) is 11.6 Å². The fourth-order valence-corrected chi connectivity index (χ4v) is 2.25. The molecular weight excluding hydrogens is 260 g/mol. The molecule has 0 heterocycles. The SMILES string of the molecule is CCC(CC1CC1)Nc1cc(C(=O)O)ccc1[N+](=O)[O-]. The van der Waals surface area contributed by atoms with Crippen LogP contribution in [0.1, 0.15) is 43.0 Å². The van der Waals surface area contributed by atoms with E-state index in [0.717, 1.165) is 12.8 Å². The van der Waals surface area contributed by atoms with Crippen molar-refractivity contribution < 1.29 is 14.8 Å². The second-order valence-corrected chi connectivity index (χ2v) is 5.22. The molecule has 1 aliphatic carbocycles. The topological polar surface area (TPSA) is 92.5 Å². The first-order chi connectivity index (χ1) is 9.51. The van der Waals surface area contributed by atoms with Crippen molar-refractivity contribution in [3.63, 3.8) is 0 Å². The Bertz CT molecular complexity index is 526. The number of carbonyl (C=O) groups is 1. The molecule has 2 rings (SSSR count). The molecule has 2 N–H and O–H groups in total. The van der Waals surface area contributed by atoms with Crippen molar-refractivity contribution in [2.45, 2.75) is 38.6 Å². The van der Waals surface area contributed by atoms with Crippen molar-refractivity contribution in [3.05, 3.63) is 33.9 Å². The molecule has 1 atom stereocenters. The van der Waals surface area contributed by atoms with Crippen LogP contribution in [0, 0.1) is 16.0 Å². The van der Waals surface area contributed by atoms with Gasteiger partial charge in [0.05, 0.1) is 10.5 Å². The third kappa shape index (κ3) is 3.46. The smallest absolute Gasteiger partial charge is 0.335 e. The maximum atomic E-state index is 11.0. The highest BCUT2D eigenvalue weighted by molar-refractivity contribution is 5.90. The first-order valence-corrected chi connectivity index (χ1v) is 6.79. The van der Waals surface area contributed by atoms with Crippen LogP contribution >= 0.6 is 0 Å². The number of carboxylic acid groups (broad SMARTS) is 1. The van der Waals surface area contributed by atoms with Crippen LogP contribution in [0.5, 0.6) is 0 Å². The largest absolute Gasteiger partial charge is 0.478 e. The minimum Gasteiger partial charge on any atom is -0.478 e. The summed E-state index contributed by atoms with van der Waals surface area (Å²) in [5, 5.41) is 23.2. The van der Waals surface area contributed by atoms with Crippen LogP contribution in [-0.4, -0.2) is 22.0 Å². The summed E-state index contributed by atoms with van der Waals surface area (Å²) in [4.78, 5) is 21.5. The number of nitro benzene ring substituents is 1. The van der Waals surface area contributed by atoms with Gasteiger partial charge in [-0.3, -0.25) is 10.1 Å². The van der Waals surface area contributed by atoms with E-state index in [1.807, 2.05) is 6.92 Å². The van der Waals surface area contributed by atoms with Crippen molar-refractivity contribution in [1.82, 2.24) is 0 Å². The molecule has 1 aromatic carbocycles. The van der Waals surface area contributed by atoms with E-state index in [-0.39, 0.29) is 17.3 Å². The highest BCUT2D eigenvalue weighted by Gasteiger charge is 2.26. The van der Waals surface area contributed by atoms with Gasteiger partial charge < -0.3 is 10.4 Å². The van der Waals surface area contributed by atoms with Gasteiger partial charge >= 0.3 is 5.97 Å². The monoisotopic (exact) mass is 278 g/mol. The third-order valence-electron chi connectivity index (χ3n) is 3.61. The summed E-state index contributed by atoms with van der Waals surface area (Å²) in [6.07, 6.45) is 4.26. The first kappa shape index (κ1) is 14.3. The molecule has 0 spiro atoms. The average Bonchev–Trinajstić information content (AvgIpc) is 3.21. The molecule has 0 radical (unpaired) electrons. The molecule has 6 nitrogen and oxygen atoms in total. The van der Waals surface area contributed by atoms with E-state index in [2.05, 4.69) is 5.32 Å². The first-order valence-electron chi connectivity index (χ1n) is 6.79. The Labute approximate surface area is 117 Å². The van der Waals surface area contributed by atoms with Gasteiger partial charge in [0.25, 0.3) is 5.69 Å². The number of carboxylic acids is 1. The molecule has 1 saturated carbocycles. The van der Waals surface area contributed by atoms with Crippen molar-refractivity contribution in [1.29, 1.82) is 0 Å². The van der Waals surface area contributed by atoms with E-state index in [4.69, 9.17) is 5.11 Å². The molecule has 1 fully saturated rings. The number of hydrogen-bond donors (Lipinski definition) is 2. The Balaban J connectivity index is 2.23. The predicted octanol–water partition coefficient (Wildman–Crippen LogP) is 3.28.